The SMILES string of the molecule is CN(C(=O)OC(C)(C)C)c1ncccc1C1CCCN1C(=O)c1ccccc1. The first kappa shape index (κ1) is 19.9. The van der Waals surface area contributed by atoms with Gasteiger partial charge in [0, 0.05) is 30.9 Å². The van der Waals surface area contributed by atoms with E-state index in [0.29, 0.717) is 17.9 Å². The van der Waals surface area contributed by atoms with Crippen LogP contribution in [0.2, 0.25) is 0 Å². The van der Waals surface area contributed by atoms with Crippen LogP contribution in [-0.2, 0) is 4.74 Å². The minimum Gasteiger partial charge on any atom is -0.443 e. The molecule has 1 aromatic carbocycles. The molecule has 6 heteroatoms. The predicted octanol–water partition coefficient (Wildman–Crippen LogP) is 4.43. The van der Waals surface area contributed by atoms with Crippen LogP contribution in [0.25, 0.3) is 0 Å². The molecule has 0 bridgehead atoms. The third-order valence-electron chi connectivity index (χ3n) is 4.70. The molecule has 0 radical (unpaired) electrons. The van der Waals surface area contributed by atoms with Gasteiger partial charge in [0.15, 0.2) is 0 Å². The highest BCUT2D eigenvalue weighted by atomic mass is 16.6. The summed E-state index contributed by atoms with van der Waals surface area (Å²) in [4.78, 5) is 33.3. The summed E-state index contributed by atoms with van der Waals surface area (Å²) in [7, 11) is 1.65. The summed E-state index contributed by atoms with van der Waals surface area (Å²) in [5, 5.41) is 0. The van der Waals surface area contributed by atoms with Crippen molar-refractivity contribution in [3.8, 4) is 0 Å². The Morgan fingerprint density at radius 1 is 1.14 bits per heavy atom. The number of hydrogen-bond acceptors (Lipinski definition) is 4. The van der Waals surface area contributed by atoms with Crippen molar-refractivity contribution in [3.05, 3.63) is 59.8 Å². The van der Waals surface area contributed by atoms with Gasteiger partial charge >= 0.3 is 6.09 Å². The summed E-state index contributed by atoms with van der Waals surface area (Å²) in [6, 6.07) is 12.9. The van der Waals surface area contributed by atoms with Crippen molar-refractivity contribution < 1.29 is 14.3 Å². The van der Waals surface area contributed by atoms with Crippen molar-refractivity contribution in [1.29, 1.82) is 0 Å². The first-order chi connectivity index (χ1) is 13.3. The van der Waals surface area contributed by atoms with Gasteiger partial charge in [-0.05, 0) is 51.8 Å². The molecule has 3 rings (SSSR count). The summed E-state index contributed by atoms with van der Waals surface area (Å²) < 4.78 is 5.48. The van der Waals surface area contributed by atoms with E-state index in [0.717, 1.165) is 18.4 Å². The maximum absolute atomic E-state index is 13.0. The van der Waals surface area contributed by atoms with Crippen LogP contribution in [0.3, 0.4) is 0 Å². The molecule has 28 heavy (non-hydrogen) atoms. The van der Waals surface area contributed by atoms with E-state index in [1.165, 1.54) is 4.90 Å². The molecule has 0 N–H and O–H groups in total. The lowest BCUT2D eigenvalue weighted by Gasteiger charge is -2.29. The lowest BCUT2D eigenvalue weighted by Crippen LogP contribution is -2.36. The van der Waals surface area contributed by atoms with E-state index in [-0.39, 0.29) is 11.9 Å². The quantitative estimate of drug-likeness (QED) is 0.789. The number of ether oxygens (including phenoxy) is 1. The molecule has 0 spiro atoms. The first-order valence-electron chi connectivity index (χ1n) is 9.55. The van der Waals surface area contributed by atoms with E-state index in [9.17, 15) is 9.59 Å². The van der Waals surface area contributed by atoms with Crippen LogP contribution >= 0.6 is 0 Å². The summed E-state index contributed by atoms with van der Waals surface area (Å²) in [5.74, 6) is 0.521. The average Bonchev–Trinajstić information content (AvgIpc) is 3.15. The van der Waals surface area contributed by atoms with Crippen LogP contribution in [0.1, 0.15) is 55.6 Å². The van der Waals surface area contributed by atoms with Gasteiger partial charge < -0.3 is 9.64 Å². The zero-order valence-corrected chi connectivity index (χ0v) is 16.9. The average molecular weight is 381 g/mol. The molecule has 1 aromatic heterocycles. The number of hydrogen-bond donors (Lipinski definition) is 0. The molecule has 2 aromatic rings. The number of carbonyl (C=O) groups is 2. The van der Waals surface area contributed by atoms with E-state index >= 15 is 0 Å². The second-order valence-corrected chi connectivity index (χ2v) is 7.98. The summed E-state index contributed by atoms with van der Waals surface area (Å²) >= 11 is 0. The molecule has 1 unspecified atom stereocenters. The number of rotatable bonds is 3. The largest absolute Gasteiger partial charge is 0.443 e. The fourth-order valence-corrected chi connectivity index (χ4v) is 3.45. The number of benzene rings is 1. The highest BCUT2D eigenvalue weighted by molar-refractivity contribution is 5.95. The van der Waals surface area contributed by atoms with Crippen molar-refractivity contribution in [2.45, 2.75) is 45.3 Å². The van der Waals surface area contributed by atoms with E-state index in [4.69, 9.17) is 4.74 Å². The number of likely N-dealkylation sites (tertiary alicyclic amines) is 1. The van der Waals surface area contributed by atoms with E-state index in [1.54, 1.807) is 13.2 Å². The third kappa shape index (κ3) is 4.32. The van der Waals surface area contributed by atoms with Gasteiger partial charge in [-0.2, -0.15) is 0 Å². The van der Waals surface area contributed by atoms with Gasteiger partial charge in [-0.25, -0.2) is 9.78 Å². The van der Waals surface area contributed by atoms with Crippen LogP contribution in [0.5, 0.6) is 0 Å². The Morgan fingerprint density at radius 3 is 2.54 bits per heavy atom. The van der Waals surface area contributed by atoms with Gasteiger partial charge in [0.25, 0.3) is 5.91 Å². The highest BCUT2D eigenvalue weighted by Gasteiger charge is 2.34. The molecular formula is C22H27N3O3. The smallest absolute Gasteiger partial charge is 0.415 e. The van der Waals surface area contributed by atoms with Gasteiger partial charge in [-0.3, -0.25) is 9.69 Å². The second-order valence-electron chi connectivity index (χ2n) is 7.98. The maximum atomic E-state index is 13.0. The number of pyridine rings is 1. The van der Waals surface area contributed by atoms with Gasteiger partial charge in [0.05, 0.1) is 6.04 Å². The van der Waals surface area contributed by atoms with Gasteiger partial charge in [0.2, 0.25) is 0 Å². The number of amides is 2. The Kier molecular flexibility index (Phi) is 5.68. The maximum Gasteiger partial charge on any atom is 0.415 e. The zero-order chi connectivity index (χ0) is 20.3. The second kappa shape index (κ2) is 8.00. The topological polar surface area (TPSA) is 62.7 Å². The zero-order valence-electron chi connectivity index (χ0n) is 16.9. The Hall–Kier alpha value is -2.89. The Morgan fingerprint density at radius 2 is 1.86 bits per heavy atom. The molecule has 148 valence electrons. The number of carbonyl (C=O) groups excluding carboxylic acids is 2. The highest BCUT2D eigenvalue weighted by Crippen LogP contribution is 2.37. The minimum absolute atomic E-state index is 0.00201. The lowest BCUT2D eigenvalue weighted by molar-refractivity contribution is 0.0588. The minimum atomic E-state index is -0.594. The molecule has 2 heterocycles. The third-order valence-corrected chi connectivity index (χ3v) is 4.70. The molecule has 1 aliphatic rings. The Labute approximate surface area is 166 Å². The van der Waals surface area contributed by atoms with Crippen molar-refractivity contribution in [2.75, 3.05) is 18.5 Å². The monoisotopic (exact) mass is 381 g/mol. The normalized spacial score (nSPS) is 16.7. The van der Waals surface area contributed by atoms with Crippen molar-refractivity contribution in [2.24, 2.45) is 0 Å². The molecule has 6 nitrogen and oxygen atoms in total. The molecule has 0 saturated carbocycles. The Balaban J connectivity index is 1.89. The molecule has 2 amide bonds. The number of aromatic nitrogens is 1. The van der Waals surface area contributed by atoms with Crippen molar-refractivity contribution >= 4 is 17.8 Å². The van der Waals surface area contributed by atoms with E-state index < -0.39 is 11.7 Å². The van der Waals surface area contributed by atoms with Gasteiger partial charge in [0.1, 0.15) is 11.4 Å². The molecule has 1 aliphatic heterocycles. The van der Waals surface area contributed by atoms with Crippen molar-refractivity contribution in [3.63, 3.8) is 0 Å². The van der Waals surface area contributed by atoms with E-state index in [2.05, 4.69) is 4.98 Å². The molecule has 1 saturated heterocycles. The van der Waals surface area contributed by atoms with E-state index in [1.807, 2.05) is 68.1 Å². The Bertz CT molecular complexity index is 846. The number of nitrogens with zero attached hydrogens (tertiary/aromatic N) is 3. The molecule has 1 atom stereocenters. The van der Waals surface area contributed by atoms with Crippen LogP contribution in [0, 0.1) is 0 Å². The summed E-state index contributed by atoms with van der Waals surface area (Å²) in [6.45, 7) is 6.17. The van der Waals surface area contributed by atoms with Gasteiger partial charge in [-0.15, -0.1) is 0 Å². The fraction of sp³-hybridized carbons (Fsp3) is 0.409. The number of anilines is 1. The summed E-state index contributed by atoms with van der Waals surface area (Å²) in [6.07, 6.45) is 2.93. The van der Waals surface area contributed by atoms with Crippen molar-refractivity contribution in [1.82, 2.24) is 9.88 Å². The lowest BCUT2D eigenvalue weighted by atomic mass is 10.0. The fourth-order valence-electron chi connectivity index (χ4n) is 3.45. The first-order valence-corrected chi connectivity index (χ1v) is 9.55. The predicted molar refractivity (Wildman–Crippen MR) is 108 cm³/mol. The van der Waals surface area contributed by atoms with Crippen LogP contribution < -0.4 is 4.90 Å². The summed E-state index contributed by atoms with van der Waals surface area (Å²) in [5.41, 5.74) is 0.932. The van der Waals surface area contributed by atoms with Crippen LogP contribution in [0.4, 0.5) is 10.6 Å². The van der Waals surface area contributed by atoms with Gasteiger partial charge in [-0.1, -0.05) is 24.3 Å². The van der Waals surface area contributed by atoms with Crippen LogP contribution in [-0.4, -0.2) is 41.1 Å². The molecular weight excluding hydrogens is 354 g/mol. The molecule has 0 aliphatic carbocycles. The standard InChI is InChI=1S/C22H27N3O3/c1-22(2,3)28-21(27)24(4)19-17(12-8-14-23-19)18-13-9-15-25(18)20(26)16-10-6-5-7-11-16/h5-8,10-12,14,18H,9,13,15H2,1-4H3. The van der Waals surface area contributed by atoms with Crippen LogP contribution in [0.15, 0.2) is 48.7 Å². The molecule has 1 fully saturated rings.